The van der Waals surface area contributed by atoms with Crippen molar-refractivity contribution in [2.75, 3.05) is 7.11 Å². The Hall–Kier alpha value is -3.39. The van der Waals surface area contributed by atoms with Crippen LogP contribution in [0.4, 0.5) is 4.39 Å². The van der Waals surface area contributed by atoms with Crippen molar-refractivity contribution in [3.63, 3.8) is 0 Å². The summed E-state index contributed by atoms with van der Waals surface area (Å²) >= 11 is 5.74. The van der Waals surface area contributed by atoms with Gasteiger partial charge in [0.25, 0.3) is 11.8 Å². The summed E-state index contributed by atoms with van der Waals surface area (Å²) in [6, 6.07) is 12.2. The van der Waals surface area contributed by atoms with Gasteiger partial charge in [-0.25, -0.2) is 4.39 Å². The number of carbonyl (C=O) groups is 2. The molecule has 2 aromatic carbocycles. The SMILES string of the molecule is COc1ccc(-c2cc(C(=O)NNC(=O)c3cc(Cl)ccc3F)[nH]n2)cc1. The zero-order valence-electron chi connectivity index (χ0n) is 14.0. The lowest BCUT2D eigenvalue weighted by atomic mass is 10.1. The first-order chi connectivity index (χ1) is 13.0. The highest BCUT2D eigenvalue weighted by Gasteiger charge is 2.15. The van der Waals surface area contributed by atoms with Crippen LogP contribution in [0.25, 0.3) is 11.3 Å². The topological polar surface area (TPSA) is 96.1 Å². The average molecular weight is 389 g/mol. The molecule has 2 amide bonds. The van der Waals surface area contributed by atoms with E-state index in [9.17, 15) is 14.0 Å². The van der Waals surface area contributed by atoms with E-state index in [-0.39, 0.29) is 16.3 Å². The standard InChI is InChI=1S/C18H14ClFN4O3/c1-27-12-5-2-10(3-6-12)15-9-16(22-21-15)18(26)24-23-17(25)13-8-11(19)4-7-14(13)20/h2-9H,1H3,(H,21,22)(H,23,25)(H,24,26). The number of carbonyl (C=O) groups excluding carboxylic acids is 2. The second-order valence-corrected chi connectivity index (χ2v) is 5.86. The third-order valence-electron chi connectivity index (χ3n) is 3.67. The molecule has 1 heterocycles. The fourth-order valence-corrected chi connectivity index (χ4v) is 2.44. The molecule has 0 unspecified atom stereocenters. The molecule has 0 atom stereocenters. The summed E-state index contributed by atoms with van der Waals surface area (Å²) in [4.78, 5) is 24.1. The molecule has 7 nitrogen and oxygen atoms in total. The zero-order valence-corrected chi connectivity index (χ0v) is 14.8. The van der Waals surface area contributed by atoms with Crippen LogP contribution in [0.15, 0.2) is 48.5 Å². The molecule has 0 saturated heterocycles. The van der Waals surface area contributed by atoms with Gasteiger partial charge in [-0.3, -0.25) is 25.5 Å². The largest absolute Gasteiger partial charge is 0.497 e. The minimum absolute atomic E-state index is 0.118. The minimum Gasteiger partial charge on any atom is -0.497 e. The Morgan fingerprint density at radius 3 is 2.48 bits per heavy atom. The Labute approximate surface area is 158 Å². The molecule has 0 bridgehead atoms. The molecule has 0 aliphatic rings. The maximum Gasteiger partial charge on any atom is 0.287 e. The van der Waals surface area contributed by atoms with Crippen LogP contribution in [0.2, 0.25) is 5.02 Å². The lowest BCUT2D eigenvalue weighted by Gasteiger charge is -2.07. The number of aromatic amines is 1. The first-order valence-electron chi connectivity index (χ1n) is 7.73. The van der Waals surface area contributed by atoms with Crippen molar-refractivity contribution >= 4 is 23.4 Å². The van der Waals surface area contributed by atoms with Gasteiger partial charge >= 0.3 is 0 Å². The molecular weight excluding hydrogens is 375 g/mol. The van der Waals surface area contributed by atoms with Crippen LogP contribution >= 0.6 is 11.6 Å². The third-order valence-corrected chi connectivity index (χ3v) is 3.91. The van der Waals surface area contributed by atoms with Crippen LogP contribution in [0, 0.1) is 5.82 Å². The second-order valence-electron chi connectivity index (χ2n) is 5.43. The van der Waals surface area contributed by atoms with E-state index >= 15 is 0 Å². The number of halogens is 2. The van der Waals surface area contributed by atoms with Crippen LogP contribution < -0.4 is 15.6 Å². The molecular formula is C18H14ClFN4O3. The monoisotopic (exact) mass is 388 g/mol. The molecule has 0 spiro atoms. The number of rotatable bonds is 4. The van der Waals surface area contributed by atoms with E-state index in [0.717, 1.165) is 17.7 Å². The summed E-state index contributed by atoms with van der Waals surface area (Å²) in [6.45, 7) is 0. The number of ether oxygens (including phenoxy) is 1. The quantitative estimate of drug-likeness (QED) is 0.599. The highest BCUT2D eigenvalue weighted by molar-refractivity contribution is 6.31. The molecule has 3 aromatic rings. The van der Waals surface area contributed by atoms with Crippen LogP contribution in [-0.4, -0.2) is 29.1 Å². The van der Waals surface area contributed by atoms with Gasteiger partial charge in [0.2, 0.25) is 0 Å². The van der Waals surface area contributed by atoms with Crippen molar-refractivity contribution in [1.29, 1.82) is 0 Å². The fraction of sp³-hybridized carbons (Fsp3) is 0.0556. The highest BCUT2D eigenvalue weighted by atomic mass is 35.5. The normalized spacial score (nSPS) is 10.3. The van der Waals surface area contributed by atoms with Gasteiger partial charge in [-0.2, -0.15) is 5.10 Å². The first-order valence-corrected chi connectivity index (χ1v) is 8.11. The van der Waals surface area contributed by atoms with Gasteiger partial charge < -0.3 is 4.74 Å². The van der Waals surface area contributed by atoms with E-state index in [1.165, 1.54) is 12.1 Å². The van der Waals surface area contributed by atoms with E-state index in [4.69, 9.17) is 16.3 Å². The van der Waals surface area contributed by atoms with Gasteiger partial charge in [0, 0.05) is 10.6 Å². The lowest BCUT2D eigenvalue weighted by Crippen LogP contribution is -2.42. The summed E-state index contributed by atoms with van der Waals surface area (Å²) in [5.74, 6) is -1.53. The number of nitrogens with zero attached hydrogens (tertiary/aromatic N) is 1. The summed E-state index contributed by atoms with van der Waals surface area (Å²) in [5.41, 5.74) is 5.46. The third kappa shape index (κ3) is 4.24. The van der Waals surface area contributed by atoms with Gasteiger partial charge in [-0.15, -0.1) is 0 Å². The van der Waals surface area contributed by atoms with Crippen LogP contribution in [0.5, 0.6) is 5.75 Å². The van der Waals surface area contributed by atoms with Crippen molar-refractivity contribution < 1.29 is 18.7 Å². The second kappa shape index (κ2) is 7.88. The molecule has 27 heavy (non-hydrogen) atoms. The Morgan fingerprint density at radius 1 is 1.07 bits per heavy atom. The first kappa shape index (κ1) is 18.4. The Morgan fingerprint density at radius 2 is 1.78 bits per heavy atom. The molecule has 138 valence electrons. The molecule has 1 aromatic heterocycles. The number of hydrazine groups is 1. The molecule has 9 heteroatoms. The molecule has 0 aliphatic carbocycles. The molecule has 0 aliphatic heterocycles. The molecule has 0 saturated carbocycles. The van der Waals surface area contributed by atoms with E-state index < -0.39 is 17.6 Å². The number of hydrogen-bond acceptors (Lipinski definition) is 4. The van der Waals surface area contributed by atoms with Gasteiger partial charge in [0.15, 0.2) is 0 Å². The predicted octanol–water partition coefficient (Wildman–Crippen LogP) is 2.95. The van der Waals surface area contributed by atoms with E-state index in [1.807, 2.05) is 0 Å². The molecule has 0 fully saturated rings. The Balaban J connectivity index is 1.65. The fourth-order valence-electron chi connectivity index (χ4n) is 2.27. The van der Waals surface area contributed by atoms with E-state index in [0.29, 0.717) is 11.4 Å². The summed E-state index contributed by atoms with van der Waals surface area (Å²) in [6.07, 6.45) is 0. The van der Waals surface area contributed by atoms with E-state index in [2.05, 4.69) is 21.0 Å². The Bertz CT molecular complexity index is 989. The van der Waals surface area contributed by atoms with Gasteiger partial charge in [0.1, 0.15) is 17.3 Å². The number of methoxy groups -OCH3 is 1. The summed E-state index contributed by atoms with van der Waals surface area (Å²) in [7, 11) is 1.57. The maximum absolute atomic E-state index is 13.7. The van der Waals surface area contributed by atoms with Gasteiger partial charge in [-0.05, 0) is 48.5 Å². The number of benzene rings is 2. The van der Waals surface area contributed by atoms with E-state index in [1.54, 1.807) is 31.4 Å². The molecule has 0 radical (unpaired) electrons. The maximum atomic E-state index is 13.7. The number of hydrogen-bond donors (Lipinski definition) is 3. The van der Waals surface area contributed by atoms with Crippen LogP contribution in [0.3, 0.4) is 0 Å². The van der Waals surface area contributed by atoms with Crippen molar-refractivity contribution in [2.45, 2.75) is 0 Å². The predicted molar refractivity (Wildman–Crippen MR) is 96.9 cm³/mol. The number of H-pyrrole nitrogens is 1. The molecule has 3 N–H and O–H groups in total. The minimum atomic E-state index is -0.835. The van der Waals surface area contributed by atoms with Crippen molar-refractivity contribution in [2.24, 2.45) is 0 Å². The number of nitrogens with one attached hydrogen (secondary N) is 3. The smallest absolute Gasteiger partial charge is 0.287 e. The zero-order chi connectivity index (χ0) is 19.4. The molecule has 3 rings (SSSR count). The van der Waals surface area contributed by atoms with Crippen LogP contribution in [-0.2, 0) is 0 Å². The van der Waals surface area contributed by atoms with Crippen molar-refractivity contribution in [3.8, 4) is 17.0 Å². The summed E-state index contributed by atoms with van der Waals surface area (Å²) < 4.78 is 18.7. The van der Waals surface area contributed by atoms with Gasteiger partial charge in [0.05, 0.1) is 18.4 Å². The highest BCUT2D eigenvalue weighted by Crippen LogP contribution is 2.21. The average Bonchev–Trinajstić information content (AvgIpc) is 3.18. The number of amides is 2. The van der Waals surface area contributed by atoms with Gasteiger partial charge in [-0.1, -0.05) is 11.6 Å². The van der Waals surface area contributed by atoms with Crippen molar-refractivity contribution in [1.82, 2.24) is 21.0 Å². The number of aromatic nitrogens is 2. The van der Waals surface area contributed by atoms with Crippen LogP contribution in [0.1, 0.15) is 20.8 Å². The Kier molecular flexibility index (Phi) is 5.37. The lowest BCUT2D eigenvalue weighted by molar-refractivity contribution is 0.0841. The van der Waals surface area contributed by atoms with Crippen molar-refractivity contribution in [3.05, 3.63) is 70.6 Å². The summed E-state index contributed by atoms with van der Waals surface area (Å²) in [5, 5.41) is 6.83.